The van der Waals surface area contributed by atoms with E-state index in [-0.39, 0.29) is 0 Å². The Morgan fingerprint density at radius 3 is 3.14 bits per heavy atom. The van der Waals surface area contributed by atoms with Gasteiger partial charge < -0.3 is 0 Å². The van der Waals surface area contributed by atoms with Crippen molar-refractivity contribution in [2.24, 2.45) is 0 Å². The average Bonchev–Trinajstić information content (AvgIpc) is 3.16. The molecule has 1 fully saturated rings. The lowest BCUT2D eigenvalue weighted by atomic mass is 10.0. The highest BCUT2D eigenvalue weighted by Crippen LogP contribution is 2.27. The minimum absolute atomic E-state index is 0.566. The number of nitrogens with zero attached hydrogens (tertiary/aromatic N) is 3. The van der Waals surface area contributed by atoms with Crippen LogP contribution in [0.25, 0.3) is 10.9 Å². The Balaban J connectivity index is 1.46. The maximum absolute atomic E-state index is 4.56. The van der Waals surface area contributed by atoms with E-state index in [0.29, 0.717) is 5.92 Å². The van der Waals surface area contributed by atoms with Crippen LogP contribution in [0.5, 0.6) is 0 Å². The fourth-order valence-electron chi connectivity index (χ4n) is 3.34. The molecule has 0 amide bonds. The molecule has 2 aromatic heterocycles. The van der Waals surface area contributed by atoms with Gasteiger partial charge in [0.15, 0.2) is 0 Å². The molecule has 0 radical (unpaired) electrons. The number of pyridine rings is 1. The minimum atomic E-state index is 0.566. The van der Waals surface area contributed by atoms with Crippen LogP contribution in [-0.4, -0.2) is 33.2 Å². The molecule has 1 aliphatic heterocycles. The van der Waals surface area contributed by atoms with Gasteiger partial charge in [-0.3, -0.25) is 15.0 Å². The van der Waals surface area contributed by atoms with Crippen LogP contribution in [0, 0.1) is 6.92 Å². The highest BCUT2D eigenvalue weighted by molar-refractivity contribution is 5.78. The fourth-order valence-corrected chi connectivity index (χ4v) is 3.34. The first-order valence-electron chi connectivity index (χ1n) is 7.85. The molecular weight excluding hydrogens is 272 g/mol. The van der Waals surface area contributed by atoms with Crippen LogP contribution < -0.4 is 0 Å². The standard InChI is InChI=1S/C18H20N4/c1-13-4-6-19-17(8-13)16-5-7-22(12-16)11-14-2-3-15-10-20-21-18(15)9-14/h2-4,6,8-10,16H,5,7,11-12H2,1H3,(H,20,21). The Bertz CT molecular complexity index is 792. The number of aromatic amines is 1. The first-order chi connectivity index (χ1) is 10.8. The van der Waals surface area contributed by atoms with Gasteiger partial charge in [0.05, 0.1) is 11.7 Å². The second-order valence-electron chi connectivity index (χ2n) is 6.27. The van der Waals surface area contributed by atoms with Crippen LogP contribution in [0.1, 0.15) is 29.2 Å². The second-order valence-corrected chi connectivity index (χ2v) is 6.27. The monoisotopic (exact) mass is 292 g/mol. The summed E-state index contributed by atoms with van der Waals surface area (Å²) in [4.78, 5) is 7.08. The number of hydrogen-bond acceptors (Lipinski definition) is 3. The van der Waals surface area contributed by atoms with Gasteiger partial charge in [-0.1, -0.05) is 12.1 Å². The van der Waals surface area contributed by atoms with Gasteiger partial charge in [0.1, 0.15) is 0 Å². The lowest BCUT2D eigenvalue weighted by Gasteiger charge is -2.16. The summed E-state index contributed by atoms with van der Waals surface area (Å²) >= 11 is 0. The molecule has 0 bridgehead atoms. The second kappa shape index (κ2) is 5.54. The van der Waals surface area contributed by atoms with Gasteiger partial charge in [0.2, 0.25) is 0 Å². The first-order valence-corrected chi connectivity index (χ1v) is 7.85. The fraction of sp³-hybridized carbons (Fsp3) is 0.333. The van der Waals surface area contributed by atoms with Gasteiger partial charge in [0, 0.05) is 36.3 Å². The number of aryl methyl sites for hydroxylation is 1. The smallest absolute Gasteiger partial charge is 0.0653 e. The van der Waals surface area contributed by atoms with Crippen molar-refractivity contribution < 1.29 is 0 Å². The number of hydrogen-bond donors (Lipinski definition) is 1. The van der Waals surface area contributed by atoms with Crippen LogP contribution in [0.15, 0.2) is 42.7 Å². The molecule has 4 rings (SSSR count). The molecule has 4 nitrogen and oxygen atoms in total. The summed E-state index contributed by atoms with van der Waals surface area (Å²) in [5.41, 5.74) is 5.00. The molecule has 0 aliphatic carbocycles. The SMILES string of the molecule is Cc1ccnc(C2CCN(Cc3ccc4cn[nH]c4c3)C2)c1. The van der Waals surface area contributed by atoms with Crippen molar-refractivity contribution in [3.05, 3.63) is 59.5 Å². The normalized spacial score (nSPS) is 19.0. The zero-order chi connectivity index (χ0) is 14.9. The molecule has 1 saturated heterocycles. The maximum atomic E-state index is 4.56. The molecule has 1 N–H and O–H groups in total. The molecule has 1 unspecified atom stereocenters. The highest BCUT2D eigenvalue weighted by atomic mass is 15.1. The van der Waals surface area contributed by atoms with Gasteiger partial charge >= 0.3 is 0 Å². The van der Waals surface area contributed by atoms with Crippen molar-refractivity contribution in [2.45, 2.75) is 25.8 Å². The Labute approximate surface area is 130 Å². The van der Waals surface area contributed by atoms with Crippen LogP contribution in [-0.2, 0) is 6.54 Å². The van der Waals surface area contributed by atoms with Crippen molar-refractivity contribution in [3.63, 3.8) is 0 Å². The quantitative estimate of drug-likeness (QED) is 0.806. The third-order valence-electron chi connectivity index (χ3n) is 4.54. The molecule has 3 heterocycles. The largest absolute Gasteiger partial charge is 0.298 e. The molecule has 4 heteroatoms. The number of benzene rings is 1. The molecule has 3 aromatic rings. The Kier molecular flexibility index (Phi) is 3.39. The summed E-state index contributed by atoms with van der Waals surface area (Å²) in [6.07, 6.45) is 5.00. The van der Waals surface area contributed by atoms with Crippen LogP contribution in [0.3, 0.4) is 0 Å². The zero-order valence-corrected chi connectivity index (χ0v) is 12.8. The van der Waals surface area contributed by atoms with Gasteiger partial charge in [-0.25, -0.2) is 0 Å². The van der Waals surface area contributed by atoms with E-state index in [1.165, 1.54) is 28.6 Å². The van der Waals surface area contributed by atoms with E-state index in [9.17, 15) is 0 Å². The average molecular weight is 292 g/mol. The predicted octanol–water partition coefficient (Wildman–Crippen LogP) is 3.26. The Hall–Kier alpha value is -2.20. The van der Waals surface area contributed by atoms with Crippen LogP contribution in [0.4, 0.5) is 0 Å². The molecule has 0 spiro atoms. The van der Waals surface area contributed by atoms with E-state index in [4.69, 9.17) is 0 Å². The van der Waals surface area contributed by atoms with Crippen molar-refractivity contribution >= 4 is 10.9 Å². The maximum Gasteiger partial charge on any atom is 0.0653 e. The molecule has 22 heavy (non-hydrogen) atoms. The van der Waals surface area contributed by atoms with E-state index >= 15 is 0 Å². The third kappa shape index (κ3) is 2.62. The van der Waals surface area contributed by atoms with E-state index in [0.717, 1.165) is 25.2 Å². The lowest BCUT2D eigenvalue weighted by molar-refractivity contribution is 0.326. The highest BCUT2D eigenvalue weighted by Gasteiger charge is 2.24. The molecule has 1 aliphatic rings. The van der Waals surface area contributed by atoms with Gasteiger partial charge in [0.25, 0.3) is 0 Å². The molecule has 112 valence electrons. The number of rotatable bonds is 3. The van der Waals surface area contributed by atoms with Crippen molar-refractivity contribution in [3.8, 4) is 0 Å². The van der Waals surface area contributed by atoms with E-state index < -0.39 is 0 Å². The van der Waals surface area contributed by atoms with Crippen molar-refractivity contribution in [2.75, 3.05) is 13.1 Å². The summed E-state index contributed by atoms with van der Waals surface area (Å²) < 4.78 is 0. The number of fused-ring (bicyclic) bond motifs is 1. The topological polar surface area (TPSA) is 44.8 Å². The number of H-pyrrole nitrogens is 1. The summed E-state index contributed by atoms with van der Waals surface area (Å²) in [6.45, 7) is 5.37. The predicted molar refractivity (Wildman–Crippen MR) is 87.7 cm³/mol. The summed E-state index contributed by atoms with van der Waals surface area (Å²) in [7, 11) is 0. The Morgan fingerprint density at radius 1 is 1.27 bits per heavy atom. The molecule has 0 saturated carbocycles. The van der Waals surface area contributed by atoms with Gasteiger partial charge in [-0.2, -0.15) is 5.10 Å². The Morgan fingerprint density at radius 2 is 2.23 bits per heavy atom. The van der Waals surface area contributed by atoms with Crippen LogP contribution >= 0.6 is 0 Å². The van der Waals surface area contributed by atoms with E-state index in [1.54, 1.807) is 0 Å². The minimum Gasteiger partial charge on any atom is -0.298 e. The molecule has 1 atom stereocenters. The van der Waals surface area contributed by atoms with E-state index in [2.05, 4.69) is 57.3 Å². The van der Waals surface area contributed by atoms with Gasteiger partial charge in [-0.15, -0.1) is 0 Å². The third-order valence-corrected chi connectivity index (χ3v) is 4.54. The van der Waals surface area contributed by atoms with Gasteiger partial charge in [-0.05, 0) is 49.2 Å². The zero-order valence-electron chi connectivity index (χ0n) is 12.8. The summed E-state index contributed by atoms with van der Waals surface area (Å²) in [5.74, 6) is 0.566. The molecular formula is C18H20N4. The lowest BCUT2D eigenvalue weighted by Crippen LogP contribution is -2.19. The molecule has 1 aromatic carbocycles. The van der Waals surface area contributed by atoms with E-state index in [1.807, 2.05) is 12.4 Å². The summed E-state index contributed by atoms with van der Waals surface area (Å²) in [6, 6.07) is 10.8. The van der Waals surface area contributed by atoms with Crippen molar-refractivity contribution in [1.29, 1.82) is 0 Å². The number of likely N-dealkylation sites (tertiary alicyclic amines) is 1. The number of nitrogens with one attached hydrogen (secondary N) is 1. The number of aromatic nitrogens is 3. The van der Waals surface area contributed by atoms with Crippen LogP contribution in [0.2, 0.25) is 0 Å². The summed E-state index contributed by atoms with van der Waals surface area (Å²) in [5, 5.41) is 8.31. The van der Waals surface area contributed by atoms with Crippen molar-refractivity contribution in [1.82, 2.24) is 20.1 Å². The first kappa shape index (κ1) is 13.5.